The fraction of sp³-hybridized carbons (Fsp3) is 0.429. The normalized spacial score (nSPS) is 10.2. The molecule has 0 saturated heterocycles. The molecule has 0 aliphatic rings. The number of halogens is 1. The maximum absolute atomic E-state index is 13.5. The third-order valence-electron chi connectivity index (χ3n) is 2.61. The van der Waals surface area contributed by atoms with E-state index in [1.165, 1.54) is 12.1 Å². The number of carbonyl (C=O) groups is 1. The summed E-state index contributed by atoms with van der Waals surface area (Å²) in [6, 6.07) is 6.11. The zero-order chi connectivity index (χ0) is 13.5. The Balaban J connectivity index is 2.49. The van der Waals surface area contributed by atoms with Gasteiger partial charge in [0.2, 0.25) is 5.91 Å². The average Bonchev–Trinajstić information content (AvgIpc) is 2.34. The summed E-state index contributed by atoms with van der Waals surface area (Å²) in [5.74, 6) is -0.0620. The molecule has 96 valence electrons. The molecule has 1 rings (SSSR count). The number of hydrogen-bond donors (Lipinski definition) is 1. The van der Waals surface area contributed by atoms with Crippen LogP contribution in [0.15, 0.2) is 18.2 Å². The summed E-state index contributed by atoms with van der Waals surface area (Å²) in [5.41, 5.74) is 0.675. The Morgan fingerprint density at radius 3 is 2.78 bits per heavy atom. The predicted octanol–water partition coefficient (Wildman–Crippen LogP) is 2.75. The summed E-state index contributed by atoms with van der Waals surface area (Å²) >= 11 is 0. The molecule has 18 heavy (non-hydrogen) atoms. The van der Waals surface area contributed by atoms with Gasteiger partial charge in [0.05, 0.1) is 11.6 Å². The summed E-state index contributed by atoms with van der Waals surface area (Å²) in [4.78, 5) is 11.5. The van der Waals surface area contributed by atoms with E-state index in [1.807, 2.05) is 19.9 Å². The quantitative estimate of drug-likeness (QED) is 0.871. The van der Waals surface area contributed by atoms with Crippen molar-refractivity contribution in [2.24, 2.45) is 5.92 Å². The molecule has 0 unspecified atom stereocenters. The van der Waals surface area contributed by atoms with E-state index in [4.69, 9.17) is 5.26 Å². The molecule has 0 heterocycles. The van der Waals surface area contributed by atoms with Crippen molar-refractivity contribution in [1.82, 2.24) is 5.32 Å². The molecule has 0 radical (unpaired) electrons. The van der Waals surface area contributed by atoms with Gasteiger partial charge in [-0.3, -0.25) is 4.79 Å². The number of carbonyl (C=O) groups excluding carboxylic acids is 1. The Bertz CT molecular complexity index is 463. The summed E-state index contributed by atoms with van der Waals surface area (Å²) in [5, 5.41) is 11.3. The SMILES string of the molecule is CC(C)CCC(=O)NCc1ccc(C#N)cc1F. The molecule has 3 nitrogen and oxygen atoms in total. The average molecular weight is 248 g/mol. The molecule has 0 aliphatic heterocycles. The number of nitrogens with one attached hydrogen (secondary N) is 1. The third-order valence-corrected chi connectivity index (χ3v) is 2.61. The lowest BCUT2D eigenvalue weighted by Gasteiger charge is -2.07. The van der Waals surface area contributed by atoms with Crippen molar-refractivity contribution < 1.29 is 9.18 Å². The van der Waals surface area contributed by atoms with Gasteiger partial charge in [0.25, 0.3) is 0 Å². The molecule has 1 N–H and O–H groups in total. The van der Waals surface area contributed by atoms with Crippen LogP contribution in [-0.4, -0.2) is 5.91 Å². The van der Waals surface area contributed by atoms with Gasteiger partial charge in [0.1, 0.15) is 5.82 Å². The van der Waals surface area contributed by atoms with Gasteiger partial charge in [-0.15, -0.1) is 0 Å². The molecule has 0 saturated carbocycles. The maximum Gasteiger partial charge on any atom is 0.220 e. The molecule has 0 fully saturated rings. The molecule has 0 atom stereocenters. The topological polar surface area (TPSA) is 52.9 Å². The first kappa shape index (κ1) is 14.2. The lowest BCUT2D eigenvalue weighted by molar-refractivity contribution is -0.121. The second-order valence-electron chi connectivity index (χ2n) is 4.63. The lowest BCUT2D eigenvalue weighted by Crippen LogP contribution is -2.23. The fourth-order valence-electron chi connectivity index (χ4n) is 1.46. The van der Waals surface area contributed by atoms with Gasteiger partial charge >= 0.3 is 0 Å². The summed E-state index contributed by atoms with van der Waals surface area (Å²) in [7, 11) is 0. The van der Waals surface area contributed by atoms with Crippen molar-refractivity contribution in [3.8, 4) is 6.07 Å². The van der Waals surface area contributed by atoms with E-state index < -0.39 is 5.82 Å². The molecule has 0 aromatic heterocycles. The van der Waals surface area contributed by atoms with E-state index in [0.717, 1.165) is 6.42 Å². The van der Waals surface area contributed by atoms with Crippen molar-refractivity contribution in [3.63, 3.8) is 0 Å². The summed E-state index contributed by atoms with van der Waals surface area (Å²) in [6.07, 6.45) is 1.28. The molecule has 1 amide bonds. The summed E-state index contributed by atoms with van der Waals surface area (Å²) in [6.45, 7) is 4.26. The number of nitriles is 1. The lowest BCUT2D eigenvalue weighted by atomic mass is 10.1. The van der Waals surface area contributed by atoms with Crippen molar-refractivity contribution in [2.75, 3.05) is 0 Å². The summed E-state index contributed by atoms with van der Waals surface area (Å²) < 4.78 is 13.5. The number of benzene rings is 1. The van der Waals surface area contributed by atoms with Crippen LogP contribution in [0, 0.1) is 23.1 Å². The van der Waals surface area contributed by atoms with Crippen molar-refractivity contribution in [2.45, 2.75) is 33.2 Å². The molecular weight excluding hydrogens is 231 g/mol. The highest BCUT2D eigenvalue weighted by molar-refractivity contribution is 5.75. The monoisotopic (exact) mass is 248 g/mol. The van der Waals surface area contributed by atoms with Crippen LogP contribution in [0.1, 0.15) is 37.8 Å². The van der Waals surface area contributed by atoms with E-state index in [9.17, 15) is 9.18 Å². The van der Waals surface area contributed by atoms with Crippen molar-refractivity contribution in [3.05, 3.63) is 35.1 Å². The number of rotatable bonds is 5. The second kappa shape index (κ2) is 6.75. The van der Waals surface area contributed by atoms with Crippen LogP contribution in [-0.2, 0) is 11.3 Å². The minimum atomic E-state index is -0.460. The first-order valence-corrected chi connectivity index (χ1v) is 5.98. The molecule has 0 spiro atoms. The molecule has 0 aliphatic carbocycles. The predicted molar refractivity (Wildman–Crippen MR) is 67.0 cm³/mol. The second-order valence-corrected chi connectivity index (χ2v) is 4.63. The van der Waals surface area contributed by atoms with Crippen molar-refractivity contribution in [1.29, 1.82) is 5.26 Å². The van der Waals surface area contributed by atoms with Crippen LogP contribution in [0.5, 0.6) is 0 Å². The highest BCUT2D eigenvalue weighted by Gasteiger charge is 2.06. The fourth-order valence-corrected chi connectivity index (χ4v) is 1.46. The zero-order valence-electron chi connectivity index (χ0n) is 10.7. The Labute approximate surface area is 107 Å². The Hall–Kier alpha value is -1.89. The van der Waals surface area contributed by atoms with Crippen LogP contribution in [0.25, 0.3) is 0 Å². The Morgan fingerprint density at radius 1 is 1.50 bits per heavy atom. The molecule has 0 bridgehead atoms. The van der Waals surface area contributed by atoms with Gasteiger partial charge in [-0.25, -0.2) is 4.39 Å². The van der Waals surface area contributed by atoms with Gasteiger partial charge in [0.15, 0.2) is 0 Å². The van der Waals surface area contributed by atoms with Crippen LogP contribution in [0.3, 0.4) is 0 Å². The van der Waals surface area contributed by atoms with Gasteiger partial charge in [-0.1, -0.05) is 19.9 Å². The number of amides is 1. The van der Waals surface area contributed by atoms with E-state index in [-0.39, 0.29) is 18.0 Å². The number of hydrogen-bond acceptors (Lipinski definition) is 2. The Morgan fingerprint density at radius 2 is 2.22 bits per heavy atom. The van der Waals surface area contributed by atoms with Crippen LogP contribution < -0.4 is 5.32 Å². The van der Waals surface area contributed by atoms with E-state index in [0.29, 0.717) is 17.9 Å². The minimum Gasteiger partial charge on any atom is -0.352 e. The first-order valence-electron chi connectivity index (χ1n) is 5.98. The molecule has 4 heteroatoms. The van der Waals surface area contributed by atoms with E-state index >= 15 is 0 Å². The number of nitrogens with zero attached hydrogens (tertiary/aromatic N) is 1. The van der Waals surface area contributed by atoms with E-state index in [1.54, 1.807) is 6.07 Å². The zero-order valence-corrected chi connectivity index (χ0v) is 10.7. The maximum atomic E-state index is 13.5. The van der Waals surface area contributed by atoms with Crippen molar-refractivity contribution >= 4 is 5.91 Å². The van der Waals surface area contributed by atoms with Gasteiger partial charge < -0.3 is 5.32 Å². The highest BCUT2D eigenvalue weighted by Crippen LogP contribution is 2.10. The first-order chi connectivity index (χ1) is 8.52. The molecule has 1 aromatic rings. The Kier molecular flexibility index (Phi) is 5.31. The van der Waals surface area contributed by atoms with E-state index in [2.05, 4.69) is 5.32 Å². The molecule has 1 aromatic carbocycles. The molecular formula is C14H17FN2O. The smallest absolute Gasteiger partial charge is 0.220 e. The minimum absolute atomic E-state index is 0.0764. The van der Waals surface area contributed by atoms with Crippen LogP contribution in [0.4, 0.5) is 4.39 Å². The highest BCUT2D eigenvalue weighted by atomic mass is 19.1. The largest absolute Gasteiger partial charge is 0.352 e. The van der Waals surface area contributed by atoms with Gasteiger partial charge in [-0.05, 0) is 24.5 Å². The van der Waals surface area contributed by atoms with Gasteiger partial charge in [0, 0.05) is 18.5 Å². The van der Waals surface area contributed by atoms with Gasteiger partial charge in [-0.2, -0.15) is 5.26 Å². The van der Waals surface area contributed by atoms with Crippen LogP contribution >= 0.6 is 0 Å². The third kappa shape index (κ3) is 4.54. The van der Waals surface area contributed by atoms with Crippen LogP contribution in [0.2, 0.25) is 0 Å². The standard InChI is InChI=1S/C14H17FN2O/c1-10(2)3-6-14(18)17-9-12-5-4-11(8-16)7-13(12)15/h4-5,7,10H,3,6,9H2,1-2H3,(H,17,18).